The zero-order chi connectivity index (χ0) is 10.3. The van der Waals surface area contributed by atoms with Crippen molar-refractivity contribution in [1.82, 2.24) is 10.2 Å². The summed E-state index contributed by atoms with van der Waals surface area (Å²) in [5.41, 5.74) is 0. The van der Waals surface area contributed by atoms with Crippen LogP contribution in [0.2, 0.25) is 0 Å². The molecule has 4 heteroatoms. The lowest BCUT2D eigenvalue weighted by Crippen LogP contribution is -2.61. The van der Waals surface area contributed by atoms with Gasteiger partial charge in [0.25, 0.3) is 0 Å². The van der Waals surface area contributed by atoms with Crippen LogP contribution in [0.5, 0.6) is 0 Å². The third-order valence-corrected chi connectivity index (χ3v) is 3.13. The number of amides is 2. The van der Waals surface area contributed by atoms with Crippen LogP contribution in [0.25, 0.3) is 0 Å². The quantitative estimate of drug-likeness (QED) is 0.648. The van der Waals surface area contributed by atoms with Crippen molar-refractivity contribution in [2.24, 2.45) is 5.92 Å². The molecule has 0 aromatic heterocycles. The third-order valence-electron chi connectivity index (χ3n) is 3.13. The number of carbonyl (C=O) groups excluding carboxylic acids is 2. The minimum absolute atomic E-state index is 0.0309. The van der Waals surface area contributed by atoms with Gasteiger partial charge in [0, 0.05) is 6.04 Å². The van der Waals surface area contributed by atoms with E-state index in [9.17, 15) is 9.59 Å². The van der Waals surface area contributed by atoms with Crippen molar-refractivity contribution < 1.29 is 9.59 Å². The highest BCUT2D eigenvalue weighted by atomic mass is 16.2. The Morgan fingerprint density at radius 1 is 1.29 bits per heavy atom. The Morgan fingerprint density at radius 2 is 1.93 bits per heavy atom. The van der Waals surface area contributed by atoms with Gasteiger partial charge >= 0.3 is 0 Å². The zero-order valence-electron chi connectivity index (χ0n) is 8.62. The van der Waals surface area contributed by atoms with E-state index in [4.69, 9.17) is 0 Å². The van der Waals surface area contributed by atoms with Gasteiger partial charge in [0.15, 0.2) is 0 Å². The average molecular weight is 196 g/mol. The van der Waals surface area contributed by atoms with Gasteiger partial charge < -0.3 is 10.2 Å². The summed E-state index contributed by atoms with van der Waals surface area (Å²) in [4.78, 5) is 24.7. The van der Waals surface area contributed by atoms with E-state index >= 15 is 0 Å². The Morgan fingerprint density at radius 3 is 2.50 bits per heavy atom. The first-order chi connectivity index (χ1) is 6.58. The molecule has 1 N–H and O–H groups in total. The van der Waals surface area contributed by atoms with Crippen LogP contribution in [0.15, 0.2) is 0 Å². The van der Waals surface area contributed by atoms with Gasteiger partial charge in [-0.1, -0.05) is 6.92 Å². The predicted octanol–water partition coefficient (Wildman–Crippen LogP) is 0.132. The highest BCUT2D eigenvalue weighted by Crippen LogP contribution is 2.31. The van der Waals surface area contributed by atoms with Crippen LogP contribution in [-0.2, 0) is 9.59 Å². The molecule has 0 aromatic rings. The highest BCUT2D eigenvalue weighted by molar-refractivity contribution is 5.94. The number of rotatable bonds is 1. The lowest BCUT2D eigenvalue weighted by atomic mass is 9.80. The molecule has 1 aliphatic carbocycles. The van der Waals surface area contributed by atoms with Gasteiger partial charge in [-0.15, -0.1) is 0 Å². The molecule has 14 heavy (non-hydrogen) atoms. The van der Waals surface area contributed by atoms with Crippen molar-refractivity contribution in [2.45, 2.75) is 38.8 Å². The van der Waals surface area contributed by atoms with Gasteiger partial charge in [0.05, 0.1) is 6.54 Å². The fourth-order valence-electron chi connectivity index (χ4n) is 2.25. The van der Waals surface area contributed by atoms with Gasteiger partial charge in [-0.3, -0.25) is 9.59 Å². The molecule has 4 nitrogen and oxygen atoms in total. The molecule has 1 unspecified atom stereocenters. The number of nitrogens with one attached hydrogen (secondary N) is 1. The summed E-state index contributed by atoms with van der Waals surface area (Å²) in [6.45, 7) is 4.17. The van der Waals surface area contributed by atoms with Crippen LogP contribution in [0.3, 0.4) is 0 Å². The monoisotopic (exact) mass is 196 g/mol. The maximum Gasteiger partial charge on any atom is 0.245 e. The van der Waals surface area contributed by atoms with Crippen molar-refractivity contribution in [1.29, 1.82) is 0 Å². The topological polar surface area (TPSA) is 49.4 Å². The second-order valence-electron chi connectivity index (χ2n) is 4.49. The normalized spacial score (nSPS) is 37.9. The van der Waals surface area contributed by atoms with E-state index in [0.29, 0.717) is 12.0 Å². The van der Waals surface area contributed by atoms with Crippen molar-refractivity contribution in [2.75, 3.05) is 6.54 Å². The maximum atomic E-state index is 11.7. The fourth-order valence-corrected chi connectivity index (χ4v) is 2.25. The molecule has 1 atom stereocenters. The first-order valence-electron chi connectivity index (χ1n) is 5.17. The van der Waals surface area contributed by atoms with Crippen LogP contribution >= 0.6 is 0 Å². The van der Waals surface area contributed by atoms with Crippen molar-refractivity contribution in [3.63, 3.8) is 0 Å². The van der Waals surface area contributed by atoms with Crippen molar-refractivity contribution in [3.8, 4) is 0 Å². The van der Waals surface area contributed by atoms with E-state index < -0.39 is 0 Å². The summed E-state index contributed by atoms with van der Waals surface area (Å²) >= 11 is 0. The van der Waals surface area contributed by atoms with E-state index in [1.54, 1.807) is 11.8 Å². The fraction of sp³-hybridized carbons (Fsp3) is 0.800. The molecule has 2 amide bonds. The first kappa shape index (κ1) is 9.49. The van der Waals surface area contributed by atoms with Crippen LogP contribution in [-0.4, -0.2) is 35.3 Å². The van der Waals surface area contributed by atoms with E-state index in [1.165, 1.54) is 0 Å². The minimum Gasteiger partial charge on any atom is -0.343 e. The molecule has 0 spiro atoms. The second-order valence-corrected chi connectivity index (χ2v) is 4.49. The van der Waals surface area contributed by atoms with Gasteiger partial charge in [-0.25, -0.2) is 0 Å². The smallest absolute Gasteiger partial charge is 0.245 e. The van der Waals surface area contributed by atoms with Crippen molar-refractivity contribution in [3.05, 3.63) is 0 Å². The largest absolute Gasteiger partial charge is 0.343 e. The lowest BCUT2D eigenvalue weighted by Gasteiger charge is -2.44. The van der Waals surface area contributed by atoms with Crippen molar-refractivity contribution >= 4 is 11.8 Å². The minimum atomic E-state index is -0.341. The average Bonchev–Trinajstić information content (AvgIpc) is 2.06. The molecule has 0 bridgehead atoms. The number of hydrogen-bond donors (Lipinski definition) is 1. The van der Waals surface area contributed by atoms with E-state index in [-0.39, 0.29) is 24.4 Å². The zero-order valence-corrected chi connectivity index (χ0v) is 8.62. The van der Waals surface area contributed by atoms with Crippen LogP contribution < -0.4 is 5.32 Å². The van der Waals surface area contributed by atoms with Crippen LogP contribution in [0, 0.1) is 5.92 Å². The molecule has 1 aliphatic heterocycles. The Bertz CT molecular complexity index is 271. The molecule has 1 saturated carbocycles. The summed E-state index contributed by atoms with van der Waals surface area (Å²) < 4.78 is 0. The first-order valence-corrected chi connectivity index (χ1v) is 5.17. The molecule has 2 rings (SSSR count). The van der Waals surface area contributed by atoms with Crippen LogP contribution in [0.4, 0.5) is 0 Å². The molecule has 78 valence electrons. The molecule has 1 saturated heterocycles. The summed E-state index contributed by atoms with van der Waals surface area (Å²) in [7, 11) is 0. The van der Waals surface area contributed by atoms with Gasteiger partial charge in [0.1, 0.15) is 6.04 Å². The number of carbonyl (C=O) groups is 2. The molecule has 0 radical (unpaired) electrons. The highest BCUT2D eigenvalue weighted by Gasteiger charge is 2.39. The summed E-state index contributed by atoms with van der Waals surface area (Å²) in [6.07, 6.45) is 2.09. The van der Waals surface area contributed by atoms with Crippen LogP contribution in [0.1, 0.15) is 26.7 Å². The number of hydrogen-bond acceptors (Lipinski definition) is 2. The molecular weight excluding hydrogens is 180 g/mol. The summed E-state index contributed by atoms with van der Waals surface area (Å²) in [5.74, 6) is 0.742. The Balaban J connectivity index is 2.02. The standard InChI is InChI=1S/C10H16N2O2/c1-6-3-8(4-6)12-5-9(13)11-7(2)10(12)14/h6-8H,3-5H2,1-2H3,(H,11,13). The van der Waals surface area contributed by atoms with Gasteiger partial charge in [-0.05, 0) is 25.7 Å². The Hall–Kier alpha value is -1.06. The molecule has 2 fully saturated rings. The Kier molecular flexibility index (Phi) is 2.21. The van der Waals surface area contributed by atoms with Gasteiger partial charge in [-0.2, -0.15) is 0 Å². The summed E-state index contributed by atoms with van der Waals surface area (Å²) in [6, 6.07) is -0.0295. The lowest BCUT2D eigenvalue weighted by molar-refractivity contribution is -0.148. The van der Waals surface area contributed by atoms with Gasteiger partial charge in [0.2, 0.25) is 11.8 Å². The SMILES string of the molecule is CC1CC(N2CC(=O)NC(C)C2=O)C1. The molecule has 2 aliphatic rings. The molecule has 1 heterocycles. The third kappa shape index (κ3) is 1.49. The van der Waals surface area contributed by atoms with E-state index in [2.05, 4.69) is 12.2 Å². The number of nitrogens with zero attached hydrogens (tertiary/aromatic N) is 1. The summed E-state index contributed by atoms with van der Waals surface area (Å²) in [5, 5.41) is 2.64. The van der Waals surface area contributed by atoms with E-state index in [1.807, 2.05) is 0 Å². The Labute approximate surface area is 83.6 Å². The molecule has 0 aromatic carbocycles. The predicted molar refractivity (Wildman–Crippen MR) is 51.5 cm³/mol. The molecular formula is C10H16N2O2. The second kappa shape index (κ2) is 3.26. The number of piperazine rings is 1. The maximum absolute atomic E-state index is 11.7. The van der Waals surface area contributed by atoms with E-state index in [0.717, 1.165) is 12.8 Å².